The van der Waals surface area contributed by atoms with Gasteiger partial charge in [-0.2, -0.15) is 4.98 Å². The molecular weight excluding hydrogens is 360 g/mol. The molecule has 3 aromatic rings. The van der Waals surface area contributed by atoms with Crippen molar-refractivity contribution in [3.05, 3.63) is 65.0 Å². The number of hydrogen-bond acceptors (Lipinski definition) is 6. The average Bonchev–Trinajstić information content (AvgIpc) is 3.34. The Kier molecular flexibility index (Phi) is 5.25. The predicted molar refractivity (Wildman–Crippen MR) is 103 cm³/mol. The van der Waals surface area contributed by atoms with Crippen LogP contribution in [0.1, 0.15) is 29.0 Å². The molecule has 2 aromatic carbocycles. The van der Waals surface area contributed by atoms with E-state index in [1.165, 1.54) is 29.3 Å². The summed E-state index contributed by atoms with van der Waals surface area (Å²) in [6, 6.07) is 14.2. The molecule has 0 saturated carbocycles. The number of rotatable bonds is 6. The molecule has 0 spiro atoms. The van der Waals surface area contributed by atoms with Crippen LogP contribution in [0.3, 0.4) is 0 Å². The number of aromatic nitrogens is 2. The average molecular weight is 380 g/mol. The molecule has 0 radical (unpaired) electrons. The minimum Gasteiger partial charge on any atom is -0.455 e. The van der Waals surface area contributed by atoms with Crippen LogP contribution in [-0.2, 0) is 29.0 Å². The topological polar surface area (TPSA) is 65.2 Å². The second kappa shape index (κ2) is 7.96. The van der Waals surface area contributed by atoms with Gasteiger partial charge in [-0.1, -0.05) is 35.5 Å². The number of aryl methyl sites for hydroxylation is 3. The summed E-state index contributed by atoms with van der Waals surface area (Å²) in [7, 11) is 0. The summed E-state index contributed by atoms with van der Waals surface area (Å²) in [6.45, 7) is 1.98. The molecule has 0 atom stereocenters. The van der Waals surface area contributed by atoms with Crippen LogP contribution in [-0.4, -0.2) is 21.9 Å². The van der Waals surface area contributed by atoms with Gasteiger partial charge in [0.15, 0.2) is 6.61 Å². The Morgan fingerprint density at radius 2 is 2.04 bits per heavy atom. The van der Waals surface area contributed by atoms with Crippen LogP contribution in [0.2, 0.25) is 0 Å². The minimum absolute atomic E-state index is 0.0114. The first-order chi connectivity index (χ1) is 13.2. The molecule has 1 heterocycles. The molecule has 5 nitrogen and oxygen atoms in total. The molecule has 0 amide bonds. The van der Waals surface area contributed by atoms with Crippen molar-refractivity contribution in [2.24, 2.45) is 0 Å². The highest BCUT2D eigenvalue weighted by atomic mass is 32.2. The Morgan fingerprint density at radius 1 is 1.19 bits per heavy atom. The fourth-order valence-corrected chi connectivity index (χ4v) is 3.97. The predicted octanol–water partition coefficient (Wildman–Crippen LogP) is 4.37. The monoisotopic (exact) mass is 380 g/mol. The lowest BCUT2D eigenvalue weighted by Crippen LogP contribution is -2.07. The van der Waals surface area contributed by atoms with Gasteiger partial charge in [-0.3, -0.25) is 4.79 Å². The van der Waals surface area contributed by atoms with E-state index in [1.54, 1.807) is 0 Å². The fraction of sp³-hybridized carbons (Fsp3) is 0.286. The first-order valence-corrected chi connectivity index (χ1v) is 9.96. The second-order valence-corrected chi connectivity index (χ2v) is 7.61. The van der Waals surface area contributed by atoms with E-state index in [9.17, 15) is 4.79 Å². The van der Waals surface area contributed by atoms with Crippen molar-refractivity contribution in [2.75, 3.05) is 5.75 Å². The Morgan fingerprint density at radius 3 is 2.93 bits per heavy atom. The summed E-state index contributed by atoms with van der Waals surface area (Å²) in [5, 5.41) is 3.97. The van der Waals surface area contributed by atoms with E-state index in [2.05, 4.69) is 28.3 Å². The quantitative estimate of drug-likeness (QED) is 0.467. The molecule has 1 aliphatic rings. The zero-order chi connectivity index (χ0) is 18.6. The van der Waals surface area contributed by atoms with Crippen molar-refractivity contribution >= 4 is 17.7 Å². The van der Waals surface area contributed by atoms with Gasteiger partial charge in [0.05, 0.1) is 5.75 Å². The first-order valence-electron chi connectivity index (χ1n) is 8.98. The molecule has 138 valence electrons. The molecule has 0 unspecified atom stereocenters. The van der Waals surface area contributed by atoms with Crippen LogP contribution >= 0.6 is 11.8 Å². The zero-order valence-electron chi connectivity index (χ0n) is 15.1. The van der Waals surface area contributed by atoms with Crippen molar-refractivity contribution in [1.82, 2.24) is 10.1 Å². The summed E-state index contributed by atoms with van der Waals surface area (Å²) >= 11 is 1.49. The van der Waals surface area contributed by atoms with Gasteiger partial charge in [-0.15, -0.1) is 11.8 Å². The summed E-state index contributed by atoms with van der Waals surface area (Å²) < 4.78 is 10.5. The Bertz CT molecular complexity index is 968. The van der Waals surface area contributed by atoms with Gasteiger partial charge >= 0.3 is 5.97 Å². The summed E-state index contributed by atoms with van der Waals surface area (Å²) in [5.74, 6) is 0.768. The number of nitrogens with zero attached hydrogens (tertiary/aromatic N) is 2. The molecule has 1 aliphatic carbocycles. The van der Waals surface area contributed by atoms with E-state index < -0.39 is 0 Å². The molecule has 0 N–H and O–H groups in total. The number of thioether (sulfide) groups is 1. The number of hydrogen-bond donors (Lipinski definition) is 0. The Balaban J connectivity index is 1.29. The zero-order valence-corrected chi connectivity index (χ0v) is 15.9. The van der Waals surface area contributed by atoms with E-state index >= 15 is 0 Å². The van der Waals surface area contributed by atoms with E-state index in [0.717, 1.165) is 28.9 Å². The third-order valence-corrected chi connectivity index (χ3v) is 5.60. The van der Waals surface area contributed by atoms with Gasteiger partial charge in [0.25, 0.3) is 5.89 Å². The van der Waals surface area contributed by atoms with Crippen LogP contribution < -0.4 is 0 Å². The molecule has 0 fully saturated rings. The Labute approximate surface area is 162 Å². The highest BCUT2D eigenvalue weighted by Crippen LogP contribution is 2.27. The normalized spacial score (nSPS) is 12.8. The lowest BCUT2D eigenvalue weighted by molar-refractivity contribution is -0.142. The maximum atomic E-state index is 12.0. The van der Waals surface area contributed by atoms with Crippen molar-refractivity contribution in [3.63, 3.8) is 0 Å². The van der Waals surface area contributed by atoms with E-state index in [4.69, 9.17) is 9.26 Å². The van der Waals surface area contributed by atoms with Crippen LogP contribution in [0.5, 0.6) is 0 Å². The summed E-state index contributed by atoms with van der Waals surface area (Å²) in [6.07, 6.45) is 3.52. The highest BCUT2D eigenvalue weighted by molar-refractivity contribution is 8.00. The van der Waals surface area contributed by atoms with Crippen LogP contribution in [0.25, 0.3) is 11.4 Å². The number of fused-ring (bicyclic) bond motifs is 1. The van der Waals surface area contributed by atoms with Crippen molar-refractivity contribution < 1.29 is 14.1 Å². The molecule has 0 bridgehead atoms. The van der Waals surface area contributed by atoms with Gasteiger partial charge in [0.1, 0.15) is 0 Å². The van der Waals surface area contributed by atoms with Gasteiger partial charge in [-0.25, -0.2) is 0 Å². The van der Waals surface area contributed by atoms with Gasteiger partial charge in [0, 0.05) is 10.5 Å². The molecule has 4 rings (SSSR count). The Hall–Kier alpha value is -2.60. The lowest BCUT2D eigenvalue weighted by Gasteiger charge is -2.05. The van der Waals surface area contributed by atoms with Gasteiger partial charge in [-0.05, 0) is 55.0 Å². The number of carbonyl (C=O) groups is 1. The molecule has 0 saturated heterocycles. The largest absolute Gasteiger partial charge is 0.455 e. The second-order valence-electron chi connectivity index (χ2n) is 6.56. The molecule has 1 aromatic heterocycles. The van der Waals surface area contributed by atoms with E-state index in [1.807, 2.05) is 31.2 Å². The number of carbonyl (C=O) groups excluding carboxylic acids is 1. The van der Waals surface area contributed by atoms with Crippen molar-refractivity contribution in [2.45, 2.75) is 37.7 Å². The minimum atomic E-state index is -0.295. The smallest absolute Gasteiger partial charge is 0.316 e. The molecule has 0 aliphatic heterocycles. The van der Waals surface area contributed by atoms with E-state index in [-0.39, 0.29) is 18.3 Å². The van der Waals surface area contributed by atoms with Gasteiger partial charge < -0.3 is 9.26 Å². The van der Waals surface area contributed by atoms with E-state index in [0.29, 0.717) is 11.7 Å². The van der Waals surface area contributed by atoms with Crippen molar-refractivity contribution in [1.29, 1.82) is 0 Å². The summed E-state index contributed by atoms with van der Waals surface area (Å²) in [5.41, 5.74) is 4.81. The summed E-state index contributed by atoms with van der Waals surface area (Å²) in [4.78, 5) is 17.4. The van der Waals surface area contributed by atoms with Crippen molar-refractivity contribution in [3.8, 4) is 11.4 Å². The van der Waals surface area contributed by atoms with Crippen LogP contribution in [0, 0.1) is 6.92 Å². The maximum absolute atomic E-state index is 12.0. The maximum Gasteiger partial charge on any atom is 0.316 e. The number of esters is 1. The first kappa shape index (κ1) is 17.8. The standard InChI is InChI=1S/C21H20N2O3S/c1-14-5-2-3-8-18(14)21-22-19(26-23-21)12-25-20(24)13-27-17-10-9-15-6-4-7-16(15)11-17/h2-3,5,8-11H,4,6-7,12-13H2,1H3. The molecule has 27 heavy (non-hydrogen) atoms. The van der Waals surface area contributed by atoms with Crippen LogP contribution in [0.15, 0.2) is 51.9 Å². The van der Waals surface area contributed by atoms with Gasteiger partial charge in [0.2, 0.25) is 5.82 Å². The number of ether oxygens (including phenoxy) is 1. The highest BCUT2D eigenvalue weighted by Gasteiger charge is 2.14. The third-order valence-electron chi connectivity index (χ3n) is 4.64. The third kappa shape index (κ3) is 4.22. The fourth-order valence-electron chi connectivity index (χ4n) is 3.21. The lowest BCUT2D eigenvalue weighted by atomic mass is 10.1. The molecule has 6 heteroatoms. The van der Waals surface area contributed by atoms with Crippen LogP contribution in [0.4, 0.5) is 0 Å². The number of benzene rings is 2. The molecular formula is C21H20N2O3S. The SMILES string of the molecule is Cc1ccccc1-c1noc(COC(=O)CSc2ccc3c(c2)CCC3)n1.